The quantitative estimate of drug-likeness (QED) is 0.180. The number of H-pyrrole nitrogens is 1. The van der Waals surface area contributed by atoms with Gasteiger partial charge in [0.15, 0.2) is 11.2 Å². The molecule has 2 fully saturated rings. The number of rotatable bonds is 10. The zero-order valence-electron chi connectivity index (χ0n) is 26.1. The van der Waals surface area contributed by atoms with Crippen molar-refractivity contribution in [2.24, 2.45) is 0 Å². The lowest BCUT2D eigenvalue weighted by molar-refractivity contribution is -0.0609. The largest absolute Gasteiger partial charge is 0.472 e. The molecule has 0 radical (unpaired) electrons. The first-order chi connectivity index (χ1) is 22.6. The van der Waals surface area contributed by atoms with Gasteiger partial charge >= 0.3 is 25.7 Å². The smallest absolute Gasteiger partial charge is 0.447 e. The van der Waals surface area contributed by atoms with Crippen LogP contribution in [0.1, 0.15) is 25.3 Å². The lowest BCUT2D eigenvalue weighted by Crippen LogP contribution is -2.35. The Labute approximate surface area is 270 Å². The highest BCUT2D eigenvalue weighted by Crippen LogP contribution is 2.49. The van der Waals surface area contributed by atoms with Gasteiger partial charge in [0.25, 0.3) is 5.56 Å². The van der Waals surface area contributed by atoms with Gasteiger partial charge in [-0.15, -0.1) is 0 Å². The summed E-state index contributed by atoms with van der Waals surface area (Å²) in [6.45, 7) is -1.03. The lowest BCUT2D eigenvalue weighted by atomic mass is 10.2. The van der Waals surface area contributed by atoms with Gasteiger partial charge < -0.3 is 45.1 Å². The van der Waals surface area contributed by atoms with Gasteiger partial charge in [-0.05, 0) is 0 Å². The third kappa shape index (κ3) is 7.72. The molecule has 5 rings (SSSR count). The van der Waals surface area contributed by atoms with Gasteiger partial charge in [0, 0.05) is 41.0 Å². The second-order valence-electron chi connectivity index (χ2n) is 11.1. The number of amides is 2. The second kappa shape index (κ2) is 13.8. The number of fused-ring (bicyclic) bond motifs is 1. The zero-order chi connectivity index (χ0) is 34.9. The van der Waals surface area contributed by atoms with E-state index in [0.29, 0.717) is 0 Å². The average molecular weight is 700 g/mol. The molecule has 48 heavy (non-hydrogen) atoms. The number of ether oxygens (including phenoxy) is 4. The highest BCUT2D eigenvalue weighted by molar-refractivity contribution is 7.47. The van der Waals surface area contributed by atoms with Gasteiger partial charge in [-0.1, -0.05) is 0 Å². The molecule has 2 saturated heterocycles. The van der Waals surface area contributed by atoms with Gasteiger partial charge in [0.1, 0.15) is 49.8 Å². The Balaban J connectivity index is 1.31. The number of carbonyl (C=O) groups is 2. The van der Waals surface area contributed by atoms with Crippen LogP contribution >= 0.6 is 7.82 Å². The summed E-state index contributed by atoms with van der Waals surface area (Å²) in [6.07, 6.45) is -5.72. The fourth-order valence-corrected chi connectivity index (χ4v) is 5.83. The zero-order valence-corrected chi connectivity index (χ0v) is 27.0. The molecule has 7 atom stereocenters. The van der Waals surface area contributed by atoms with E-state index in [2.05, 4.69) is 24.9 Å². The van der Waals surface area contributed by atoms with Crippen LogP contribution in [-0.2, 0) is 32.6 Å². The summed E-state index contributed by atoms with van der Waals surface area (Å²) < 4.78 is 49.0. The SMILES string of the molecule is CN(C)C(=O)OC[C@H]1O[C@@H](n2cnc(N)nc2=O)C[C@H]1OP(=O)(O)OC[C@H]1O[C@@H](n2cnc3c(=O)[nH]c(N)nc32)C[C@@H]1OC(=O)N(C)C. The van der Waals surface area contributed by atoms with Crippen LogP contribution in [0.15, 0.2) is 22.2 Å². The van der Waals surface area contributed by atoms with Gasteiger partial charge in [-0.25, -0.2) is 28.9 Å². The van der Waals surface area contributed by atoms with Crippen LogP contribution in [0.25, 0.3) is 11.2 Å². The Bertz CT molecular complexity index is 1830. The number of nitrogens with one attached hydrogen (secondary N) is 1. The number of imidazole rings is 1. The van der Waals surface area contributed by atoms with Crippen molar-refractivity contribution in [1.82, 2.24) is 43.9 Å². The Morgan fingerprint density at radius 2 is 1.60 bits per heavy atom. The van der Waals surface area contributed by atoms with Gasteiger partial charge in [-0.3, -0.25) is 28.0 Å². The van der Waals surface area contributed by atoms with E-state index in [1.807, 2.05) is 0 Å². The van der Waals surface area contributed by atoms with Crippen LogP contribution in [0.4, 0.5) is 21.5 Å². The highest BCUT2D eigenvalue weighted by atomic mass is 31.2. The predicted molar refractivity (Wildman–Crippen MR) is 160 cm³/mol. The van der Waals surface area contributed by atoms with Crippen LogP contribution in [-0.4, -0.2) is 127 Å². The van der Waals surface area contributed by atoms with Crippen molar-refractivity contribution in [3.63, 3.8) is 0 Å². The van der Waals surface area contributed by atoms with Crippen LogP contribution in [0, 0.1) is 0 Å². The molecule has 6 N–H and O–H groups in total. The molecule has 0 bridgehead atoms. The maximum Gasteiger partial charge on any atom is 0.472 e. The first-order valence-corrected chi connectivity index (χ1v) is 15.7. The Kier molecular flexibility index (Phi) is 9.98. The number of aromatic nitrogens is 7. The monoisotopic (exact) mass is 699 g/mol. The number of nitrogens with zero attached hydrogens (tertiary/aromatic N) is 8. The highest BCUT2D eigenvalue weighted by Gasteiger charge is 2.45. The maximum atomic E-state index is 13.3. The molecule has 0 saturated carbocycles. The molecule has 262 valence electrons. The van der Waals surface area contributed by atoms with Gasteiger partial charge in [0.05, 0.1) is 12.9 Å². The summed E-state index contributed by atoms with van der Waals surface area (Å²) in [6, 6.07) is 0. The van der Waals surface area contributed by atoms with Crippen LogP contribution in [0.2, 0.25) is 0 Å². The first kappa shape index (κ1) is 34.7. The molecule has 2 amide bonds. The van der Waals surface area contributed by atoms with E-state index in [9.17, 15) is 28.6 Å². The molecular formula is C24H34N11O12P. The number of hydrogen-bond acceptors (Lipinski definition) is 17. The average Bonchev–Trinajstić information content (AvgIpc) is 3.71. The van der Waals surface area contributed by atoms with E-state index in [1.165, 1.54) is 44.0 Å². The van der Waals surface area contributed by atoms with Crippen molar-refractivity contribution in [2.45, 2.75) is 49.7 Å². The first-order valence-electron chi connectivity index (χ1n) is 14.2. The minimum Gasteiger partial charge on any atom is -0.447 e. The van der Waals surface area contributed by atoms with Crippen molar-refractivity contribution < 1.29 is 47.0 Å². The Morgan fingerprint density at radius 3 is 2.27 bits per heavy atom. The van der Waals surface area contributed by atoms with Crippen LogP contribution < -0.4 is 22.7 Å². The summed E-state index contributed by atoms with van der Waals surface area (Å²) in [5.74, 6) is -0.434. The molecule has 5 heterocycles. The number of nitrogens with two attached hydrogens (primary N) is 2. The van der Waals surface area contributed by atoms with E-state index in [0.717, 1.165) is 15.8 Å². The van der Waals surface area contributed by atoms with E-state index in [4.69, 9.17) is 39.5 Å². The number of phosphoric acid groups is 1. The number of aromatic amines is 1. The van der Waals surface area contributed by atoms with Crippen molar-refractivity contribution in [2.75, 3.05) is 52.9 Å². The molecule has 2 aliphatic rings. The van der Waals surface area contributed by atoms with Crippen molar-refractivity contribution in [3.05, 3.63) is 33.5 Å². The molecule has 23 nitrogen and oxygen atoms in total. The molecule has 3 aromatic rings. The van der Waals surface area contributed by atoms with Crippen molar-refractivity contribution in [3.8, 4) is 0 Å². The third-order valence-electron chi connectivity index (χ3n) is 7.20. The van der Waals surface area contributed by atoms with E-state index < -0.39 is 81.3 Å². The number of hydrogen-bond donors (Lipinski definition) is 4. The summed E-state index contributed by atoms with van der Waals surface area (Å²) in [7, 11) is 0.896. The number of nitrogen functional groups attached to an aromatic ring is 2. The van der Waals surface area contributed by atoms with Crippen molar-refractivity contribution in [1.29, 1.82) is 0 Å². The summed E-state index contributed by atoms with van der Waals surface area (Å²) in [5.41, 5.74) is 9.86. The van der Waals surface area contributed by atoms with Gasteiger partial charge in [0.2, 0.25) is 11.9 Å². The molecular weight excluding hydrogens is 665 g/mol. The maximum absolute atomic E-state index is 13.3. The summed E-state index contributed by atoms with van der Waals surface area (Å²) in [4.78, 5) is 80.1. The molecule has 24 heteroatoms. The van der Waals surface area contributed by atoms with E-state index in [-0.39, 0.29) is 35.9 Å². The van der Waals surface area contributed by atoms with E-state index >= 15 is 0 Å². The predicted octanol–water partition coefficient (Wildman–Crippen LogP) is -1.22. The number of phosphoric ester groups is 1. The molecule has 0 aromatic carbocycles. The fourth-order valence-electron chi connectivity index (χ4n) is 4.87. The van der Waals surface area contributed by atoms with E-state index in [1.54, 1.807) is 0 Å². The molecule has 2 aliphatic heterocycles. The third-order valence-corrected chi connectivity index (χ3v) is 8.21. The molecule has 3 aromatic heterocycles. The summed E-state index contributed by atoms with van der Waals surface area (Å²) in [5, 5.41) is 0. The number of anilines is 2. The molecule has 0 aliphatic carbocycles. The second-order valence-corrected chi connectivity index (χ2v) is 12.5. The lowest BCUT2D eigenvalue weighted by Gasteiger charge is -2.24. The number of carbonyl (C=O) groups excluding carboxylic acids is 2. The Hall–Kier alpha value is -4.67. The standard InChI is InChI=1S/C24H34N11O12P/c1-32(2)23(38)42-7-13-12(6-16(44-13)35-10-28-20(25)31-22(35)37)47-48(40,41)43-8-14-11(46-24(39)33(3)4)5-15(45-14)34-9-27-17-18(34)29-21(26)30-19(17)36/h9-16H,5-8H2,1-4H3,(H,40,41)(H2,25,31,37)(H3,26,29,30,36)/t11-,12+,13+,14+,15+,16+/m0/s1. The van der Waals surface area contributed by atoms with Gasteiger partial charge in [-0.2, -0.15) is 9.97 Å². The minimum atomic E-state index is -4.94. The molecule has 1 unspecified atom stereocenters. The van der Waals surface area contributed by atoms with Crippen LogP contribution in [0.3, 0.4) is 0 Å². The summed E-state index contributed by atoms with van der Waals surface area (Å²) >= 11 is 0. The minimum absolute atomic E-state index is 0.0138. The van der Waals surface area contributed by atoms with Crippen molar-refractivity contribution >= 4 is 43.1 Å². The van der Waals surface area contributed by atoms with Crippen LogP contribution in [0.5, 0.6) is 0 Å². The fraction of sp³-hybridized carbons (Fsp3) is 0.583. The topological polar surface area (TPSA) is 297 Å². The Morgan fingerprint density at radius 1 is 0.979 bits per heavy atom. The normalized spacial score (nSPS) is 25.1. The molecule has 0 spiro atoms.